The van der Waals surface area contributed by atoms with E-state index in [2.05, 4.69) is 19.2 Å². The lowest BCUT2D eigenvalue weighted by molar-refractivity contribution is -0.130. The highest BCUT2D eigenvalue weighted by Gasteiger charge is 2.15. The molecular formula is C15H22N2O3. The highest BCUT2D eigenvalue weighted by molar-refractivity contribution is 5.76. The van der Waals surface area contributed by atoms with Gasteiger partial charge in [0.25, 0.3) is 0 Å². The maximum Gasteiger partial charge on any atom is 0.231 e. The van der Waals surface area contributed by atoms with Gasteiger partial charge >= 0.3 is 0 Å². The van der Waals surface area contributed by atoms with E-state index < -0.39 is 0 Å². The highest BCUT2D eigenvalue weighted by atomic mass is 16.7. The van der Waals surface area contributed by atoms with Crippen LogP contribution in [0, 0.1) is 0 Å². The van der Waals surface area contributed by atoms with Crippen LogP contribution in [0.2, 0.25) is 0 Å². The van der Waals surface area contributed by atoms with Crippen molar-refractivity contribution in [1.82, 2.24) is 10.2 Å². The number of rotatable bonds is 6. The Morgan fingerprint density at radius 2 is 2.10 bits per heavy atom. The molecule has 1 aliphatic heterocycles. The van der Waals surface area contributed by atoms with Gasteiger partial charge in [-0.1, -0.05) is 19.9 Å². The van der Waals surface area contributed by atoms with Crippen molar-refractivity contribution in [2.45, 2.75) is 32.9 Å². The Hall–Kier alpha value is -1.75. The van der Waals surface area contributed by atoms with Crippen molar-refractivity contribution in [2.75, 3.05) is 20.4 Å². The van der Waals surface area contributed by atoms with Gasteiger partial charge in [-0.25, -0.2) is 0 Å². The molecule has 5 heteroatoms. The summed E-state index contributed by atoms with van der Waals surface area (Å²) in [5.41, 5.74) is 1.04. The van der Waals surface area contributed by atoms with E-state index in [0.717, 1.165) is 17.1 Å². The van der Waals surface area contributed by atoms with E-state index in [1.54, 1.807) is 4.90 Å². The summed E-state index contributed by atoms with van der Waals surface area (Å²) in [5, 5.41) is 3.25. The van der Waals surface area contributed by atoms with Gasteiger partial charge in [-0.05, 0) is 17.7 Å². The lowest BCUT2D eigenvalue weighted by Crippen LogP contribution is -2.31. The third-order valence-corrected chi connectivity index (χ3v) is 3.17. The average molecular weight is 278 g/mol. The van der Waals surface area contributed by atoms with Gasteiger partial charge in [-0.15, -0.1) is 0 Å². The first-order chi connectivity index (χ1) is 9.56. The van der Waals surface area contributed by atoms with Gasteiger partial charge in [0.05, 0.1) is 0 Å². The number of hydrogen-bond acceptors (Lipinski definition) is 4. The van der Waals surface area contributed by atoms with Gasteiger partial charge in [-0.2, -0.15) is 0 Å². The summed E-state index contributed by atoms with van der Waals surface area (Å²) in [4.78, 5) is 13.7. The minimum atomic E-state index is 0.135. The Labute approximate surface area is 119 Å². The van der Waals surface area contributed by atoms with E-state index >= 15 is 0 Å². The average Bonchev–Trinajstić information content (AvgIpc) is 2.85. The van der Waals surface area contributed by atoms with Crippen molar-refractivity contribution in [3.05, 3.63) is 23.8 Å². The summed E-state index contributed by atoms with van der Waals surface area (Å²) in [6.07, 6.45) is 0.513. The molecule has 1 aromatic carbocycles. The quantitative estimate of drug-likeness (QED) is 0.861. The van der Waals surface area contributed by atoms with Gasteiger partial charge in [-0.3, -0.25) is 4.79 Å². The fraction of sp³-hybridized carbons (Fsp3) is 0.533. The minimum absolute atomic E-state index is 0.135. The van der Waals surface area contributed by atoms with Crippen LogP contribution in [0.1, 0.15) is 25.8 Å². The molecule has 1 heterocycles. The Morgan fingerprint density at radius 1 is 1.35 bits per heavy atom. The number of nitrogens with zero attached hydrogens (tertiary/aromatic N) is 1. The molecule has 0 fully saturated rings. The van der Waals surface area contributed by atoms with E-state index in [1.807, 2.05) is 25.2 Å². The molecule has 1 aliphatic rings. The molecule has 0 saturated heterocycles. The number of fused-ring (bicyclic) bond motifs is 1. The smallest absolute Gasteiger partial charge is 0.231 e. The van der Waals surface area contributed by atoms with Crippen LogP contribution in [-0.4, -0.2) is 37.2 Å². The number of ether oxygens (including phenoxy) is 2. The fourth-order valence-corrected chi connectivity index (χ4v) is 2.06. The maximum absolute atomic E-state index is 12.0. The van der Waals surface area contributed by atoms with Crippen LogP contribution in [0.4, 0.5) is 0 Å². The van der Waals surface area contributed by atoms with Crippen LogP contribution < -0.4 is 14.8 Å². The molecule has 0 spiro atoms. The first kappa shape index (κ1) is 14.7. The highest BCUT2D eigenvalue weighted by Crippen LogP contribution is 2.32. The molecule has 0 unspecified atom stereocenters. The van der Waals surface area contributed by atoms with E-state index in [1.165, 1.54) is 0 Å². The number of carbonyl (C=O) groups is 1. The summed E-state index contributed by atoms with van der Waals surface area (Å²) in [6, 6.07) is 6.18. The molecule has 0 aromatic heterocycles. The third-order valence-electron chi connectivity index (χ3n) is 3.17. The number of carbonyl (C=O) groups excluding carboxylic acids is 1. The molecule has 1 N–H and O–H groups in total. The van der Waals surface area contributed by atoms with Gasteiger partial charge in [0.2, 0.25) is 12.7 Å². The molecule has 1 amide bonds. The fourth-order valence-electron chi connectivity index (χ4n) is 2.06. The van der Waals surface area contributed by atoms with Gasteiger partial charge in [0, 0.05) is 32.6 Å². The molecule has 0 bridgehead atoms. The van der Waals surface area contributed by atoms with Crippen LogP contribution in [0.3, 0.4) is 0 Å². The molecule has 0 saturated carbocycles. The summed E-state index contributed by atoms with van der Waals surface area (Å²) >= 11 is 0. The van der Waals surface area contributed by atoms with Crippen LogP contribution in [0.15, 0.2) is 18.2 Å². The number of hydrogen-bond donors (Lipinski definition) is 1. The second kappa shape index (κ2) is 6.61. The second-order valence-corrected chi connectivity index (χ2v) is 5.30. The number of benzene rings is 1. The Bertz CT molecular complexity index is 474. The summed E-state index contributed by atoms with van der Waals surface area (Å²) in [5.74, 6) is 1.66. The van der Waals surface area contributed by atoms with Crippen LogP contribution >= 0.6 is 0 Å². The maximum atomic E-state index is 12.0. The summed E-state index contributed by atoms with van der Waals surface area (Å²) < 4.78 is 10.6. The number of nitrogens with one attached hydrogen (secondary N) is 1. The topological polar surface area (TPSA) is 50.8 Å². The molecular weight excluding hydrogens is 256 g/mol. The standard InChI is InChI=1S/C15H22N2O3/c1-11(2)16-7-6-15(18)17(3)9-12-4-5-13-14(8-12)20-10-19-13/h4-5,8,11,16H,6-7,9-10H2,1-3H3. The Balaban J connectivity index is 1.84. The zero-order chi connectivity index (χ0) is 14.5. The first-order valence-electron chi connectivity index (χ1n) is 6.92. The van der Waals surface area contributed by atoms with Gasteiger partial charge < -0.3 is 19.7 Å². The first-order valence-corrected chi connectivity index (χ1v) is 6.92. The van der Waals surface area contributed by atoms with Crippen molar-refractivity contribution in [3.63, 3.8) is 0 Å². The molecule has 5 nitrogen and oxygen atoms in total. The number of amides is 1. The zero-order valence-electron chi connectivity index (χ0n) is 12.3. The second-order valence-electron chi connectivity index (χ2n) is 5.30. The molecule has 20 heavy (non-hydrogen) atoms. The third kappa shape index (κ3) is 3.87. The van der Waals surface area contributed by atoms with Crippen molar-refractivity contribution in [3.8, 4) is 11.5 Å². The van der Waals surface area contributed by atoms with E-state index in [9.17, 15) is 4.79 Å². The van der Waals surface area contributed by atoms with Crippen molar-refractivity contribution < 1.29 is 14.3 Å². The molecule has 0 atom stereocenters. The van der Waals surface area contributed by atoms with Gasteiger partial charge in [0.15, 0.2) is 11.5 Å². The summed E-state index contributed by atoms with van der Waals surface area (Å²) in [6.45, 7) is 5.70. The SMILES string of the molecule is CC(C)NCCC(=O)N(C)Cc1ccc2c(c1)OCO2. The zero-order valence-corrected chi connectivity index (χ0v) is 12.3. The predicted octanol–water partition coefficient (Wildman–Crippen LogP) is 1.76. The normalized spacial score (nSPS) is 12.8. The summed E-state index contributed by atoms with van der Waals surface area (Å²) in [7, 11) is 1.82. The molecule has 110 valence electrons. The molecule has 2 rings (SSSR count). The minimum Gasteiger partial charge on any atom is -0.454 e. The van der Waals surface area contributed by atoms with E-state index in [4.69, 9.17) is 9.47 Å². The van der Waals surface area contributed by atoms with Crippen LogP contribution in [0.25, 0.3) is 0 Å². The molecule has 0 aliphatic carbocycles. The van der Waals surface area contributed by atoms with Gasteiger partial charge in [0.1, 0.15) is 0 Å². The van der Waals surface area contributed by atoms with E-state index in [0.29, 0.717) is 25.6 Å². The van der Waals surface area contributed by atoms with Crippen molar-refractivity contribution in [2.24, 2.45) is 0 Å². The lowest BCUT2D eigenvalue weighted by atomic mass is 10.2. The van der Waals surface area contributed by atoms with Crippen LogP contribution in [-0.2, 0) is 11.3 Å². The van der Waals surface area contributed by atoms with E-state index in [-0.39, 0.29) is 12.7 Å². The Morgan fingerprint density at radius 3 is 2.85 bits per heavy atom. The predicted molar refractivity (Wildman–Crippen MR) is 76.8 cm³/mol. The molecule has 0 radical (unpaired) electrons. The monoisotopic (exact) mass is 278 g/mol. The molecule has 1 aromatic rings. The van der Waals surface area contributed by atoms with Crippen LogP contribution in [0.5, 0.6) is 11.5 Å². The largest absolute Gasteiger partial charge is 0.454 e. The van der Waals surface area contributed by atoms with Crippen molar-refractivity contribution in [1.29, 1.82) is 0 Å². The lowest BCUT2D eigenvalue weighted by Gasteiger charge is -2.18. The van der Waals surface area contributed by atoms with Crippen molar-refractivity contribution >= 4 is 5.91 Å². The Kier molecular flexibility index (Phi) is 4.84.